The fraction of sp³-hybridized carbons (Fsp3) is 0.0556. The molecule has 0 aliphatic rings. The Balaban J connectivity index is 1.59. The Bertz CT molecular complexity index is 894. The third-order valence-electron chi connectivity index (χ3n) is 3.38. The van der Waals surface area contributed by atoms with E-state index >= 15 is 0 Å². The van der Waals surface area contributed by atoms with Gasteiger partial charge in [0.05, 0.1) is 12.1 Å². The SMILES string of the molecule is O=C(NCc1ccc(-c2ccc(F)cc2F)o1)Nc1ccc(Cl)cc1. The average molecular weight is 363 g/mol. The molecule has 2 amide bonds. The summed E-state index contributed by atoms with van der Waals surface area (Å²) in [6, 6.07) is 12.6. The van der Waals surface area contributed by atoms with Crippen LogP contribution in [-0.2, 0) is 6.54 Å². The molecule has 0 unspecified atom stereocenters. The number of halogens is 3. The molecular formula is C18H13ClF2N2O2. The lowest BCUT2D eigenvalue weighted by molar-refractivity contribution is 0.251. The summed E-state index contributed by atoms with van der Waals surface area (Å²) >= 11 is 5.77. The minimum absolute atomic E-state index is 0.113. The van der Waals surface area contributed by atoms with Crippen molar-refractivity contribution in [2.24, 2.45) is 0 Å². The zero-order chi connectivity index (χ0) is 17.8. The maximum Gasteiger partial charge on any atom is 0.319 e. The quantitative estimate of drug-likeness (QED) is 0.670. The first-order valence-corrected chi connectivity index (χ1v) is 7.73. The second-order valence-corrected chi connectivity index (χ2v) is 5.64. The van der Waals surface area contributed by atoms with Gasteiger partial charge in [0.2, 0.25) is 0 Å². The van der Waals surface area contributed by atoms with Gasteiger partial charge in [0.15, 0.2) is 0 Å². The van der Waals surface area contributed by atoms with Crippen molar-refractivity contribution < 1.29 is 18.0 Å². The van der Waals surface area contributed by atoms with Gasteiger partial charge in [0.1, 0.15) is 23.2 Å². The van der Waals surface area contributed by atoms with Crippen molar-refractivity contribution >= 4 is 23.3 Å². The Kier molecular flexibility index (Phi) is 5.00. The van der Waals surface area contributed by atoms with Crippen molar-refractivity contribution in [2.75, 3.05) is 5.32 Å². The van der Waals surface area contributed by atoms with Gasteiger partial charge in [-0.25, -0.2) is 13.6 Å². The largest absolute Gasteiger partial charge is 0.459 e. The smallest absolute Gasteiger partial charge is 0.319 e. The number of benzene rings is 2. The average Bonchev–Trinajstić information content (AvgIpc) is 3.04. The molecule has 128 valence electrons. The lowest BCUT2D eigenvalue weighted by Gasteiger charge is -2.06. The van der Waals surface area contributed by atoms with E-state index in [1.807, 2.05) is 0 Å². The van der Waals surface area contributed by atoms with E-state index in [1.54, 1.807) is 36.4 Å². The predicted molar refractivity (Wildman–Crippen MR) is 91.4 cm³/mol. The van der Waals surface area contributed by atoms with Gasteiger partial charge in [0.25, 0.3) is 0 Å². The van der Waals surface area contributed by atoms with Gasteiger partial charge in [-0.3, -0.25) is 0 Å². The van der Waals surface area contributed by atoms with E-state index in [-0.39, 0.29) is 17.9 Å². The van der Waals surface area contributed by atoms with Crippen molar-refractivity contribution in [1.29, 1.82) is 0 Å². The van der Waals surface area contributed by atoms with E-state index in [0.717, 1.165) is 12.1 Å². The van der Waals surface area contributed by atoms with Gasteiger partial charge < -0.3 is 15.1 Å². The van der Waals surface area contributed by atoms with Crippen LogP contribution in [0.2, 0.25) is 5.02 Å². The second kappa shape index (κ2) is 7.36. The van der Waals surface area contributed by atoms with Crippen LogP contribution in [0.3, 0.4) is 0 Å². The van der Waals surface area contributed by atoms with Gasteiger partial charge in [-0.2, -0.15) is 0 Å². The molecule has 3 rings (SSSR count). The first kappa shape index (κ1) is 17.0. The van der Waals surface area contributed by atoms with Crippen LogP contribution in [0.15, 0.2) is 59.0 Å². The third-order valence-corrected chi connectivity index (χ3v) is 3.64. The van der Waals surface area contributed by atoms with Gasteiger partial charge in [-0.15, -0.1) is 0 Å². The van der Waals surface area contributed by atoms with Crippen molar-refractivity contribution in [1.82, 2.24) is 5.32 Å². The highest BCUT2D eigenvalue weighted by Crippen LogP contribution is 2.25. The first-order valence-electron chi connectivity index (χ1n) is 7.36. The van der Waals surface area contributed by atoms with E-state index in [9.17, 15) is 13.6 Å². The molecular weight excluding hydrogens is 350 g/mol. The van der Waals surface area contributed by atoms with Crippen LogP contribution in [0.1, 0.15) is 5.76 Å². The summed E-state index contributed by atoms with van der Waals surface area (Å²) in [4.78, 5) is 11.8. The zero-order valence-electron chi connectivity index (χ0n) is 12.9. The maximum atomic E-state index is 13.7. The molecule has 0 saturated carbocycles. The molecule has 0 bridgehead atoms. The van der Waals surface area contributed by atoms with Crippen LogP contribution in [0.25, 0.3) is 11.3 Å². The second-order valence-electron chi connectivity index (χ2n) is 5.20. The lowest BCUT2D eigenvalue weighted by atomic mass is 10.1. The highest BCUT2D eigenvalue weighted by atomic mass is 35.5. The molecule has 25 heavy (non-hydrogen) atoms. The Hall–Kier alpha value is -2.86. The number of anilines is 1. The Labute approximate surface area is 147 Å². The summed E-state index contributed by atoms with van der Waals surface area (Å²) in [6.07, 6.45) is 0. The Morgan fingerprint density at radius 1 is 1.04 bits per heavy atom. The molecule has 2 N–H and O–H groups in total. The number of rotatable bonds is 4. The highest BCUT2D eigenvalue weighted by molar-refractivity contribution is 6.30. The number of urea groups is 1. The summed E-state index contributed by atoms with van der Waals surface area (Å²) in [5.74, 6) is -0.680. The molecule has 0 radical (unpaired) electrons. The monoisotopic (exact) mass is 362 g/mol. The highest BCUT2D eigenvalue weighted by Gasteiger charge is 2.11. The minimum atomic E-state index is -0.714. The van der Waals surface area contributed by atoms with E-state index in [4.69, 9.17) is 16.0 Å². The molecule has 0 atom stereocenters. The van der Waals surface area contributed by atoms with Crippen molar-refractivity contribution in [3.8, 4) is 11.3 Å². The van der Waals surface area contributed by atoms with Crippen LogP contribution < -0.4 is 10.6 Å². The van der Waals surface area contributed by atoms with Crippen molar-refractivity contribution in [3.05, 3.63) is 77.0 Å². The topological polar surface area (TPSA) is 54.3 Å². The third kappa shape index (κ3) is 4.36. The van der Waals surface area contributed by atoms with E-state index in [0.29, 0.717) is 16.5 Å². The number of amides is 2. The van der Waals surface area contributed by atoms with Gasteiger partial charge >= 0.3 is 6.03 Å². The zero-order valence-corrected chi connectivity index (χ0v) is 13.6. The lowest BCUT2D eigenvalue weighted by Crippen LogP contribution is -2.27. The first-order chi connectivity index (χ1) is 12.0. The Morgan fingerprint density at radius 3 is 2.52 bits per heavy atom. The molecule has 0 fully saturated rings. The molecule has 0 aliphatic carbocycles. The van der Waals surface area contributed by atoms with Crippen molar-refractivity contribution in [2.45, 2.75) is 6.54 Å². The maximum absolute atomic E-state index is 13.7. The molecule has 1 aromatic heterocycles. The van der Waals surface area contributed by atoms with Crippen LogP contribution in [0, 0.1) is 11.6 Å². The molecule has 0 spiro atoms. The van der Waals surface area contributed by atoms with Crippen LogP contribution in [0.4, 0.5) is 19.3 Å². The Morgan fingerprint density at radius 2 is 1.80 bits per heavy atom. The molecule has 0 aliphatic heterocycles. The van der Waals surface area contributed by atoms with E-state index < -0.39 is 17.7 Å². The molecule has 2 aromatic carbocycles. The minimum Gasteiger partial charge on any atom is -0.459 e. The number of carbonyl (C=O) groups excluding carboxylic acids is 1. The summed E-state index contributed by atoms with van der Waals surface area (Å²) in [6.45, 7) is 0.113. The molecule has 3 aromatic rings. The standard InChI is InChI=1S/C18H13ClF2N2O2/c19-11-1-4-13(5-2-11)23-18(24)22-10-14-6-8-17(25-14)15-7-3-12(20)9-16(15)21/h1-9H,10H2,(H2,22,23,24). The summed E-state index contributed by atoms with van der Waals surface area (Å²) < 4.78 is 32.2. The molecule has 4 nitrogen and oxygen atoms in total. The van der Waals surface area contributed by atoms with Gasteiger partial charge in [0, 0.05) is 16.8 Å². The van der Waals surface area contributed by atoms with E-state index in [1.165, 1.54) is 6.07 Å². The number of carbonyl (C=O) groups is 1. The van der Waals surface area contributed by atoms with E-state index in [2.05, 4.69) is 10.6 Å². The number of hydrogen-bond acceptors (Lipinski definition) is 2. The summed E-state index contributed by atoms with van der Waals surface area (Å²) in [5, 5.41) is 5.83. The van der Waals surface area contributed by atoms with Gasteiger partial charge in [-0.1, -0.05) is 11.6 Å². The number of nitrogens with one attached hydrogen (secondary N) is 2. The molecule has 1 heterocycles. The summed E-state index contributed by atoms with van der Waals surface area (Å²) in [5.41, 5.74) is 0.744. The van der Waals surface area contributed by atoms with Crippen LogP contribution >= 0.6 is 11.6 Å². The fourth-order valence-corrected chi connectivity index (χ4v) is 2.31. The number of furan rings is 1. The predicted octanol–water partition coefficient (Wildman–Crippen LogP) is 5.20. The fourth-order valence-electron chi connectivity index (χ4n) is 2.18. The van der Waals surface area contributed by atoms with Crippen LogP contribution in [0.5, 0.6) is 0 Å². The van der Waals surface area contributed by atoms with Gasteiger partial charge in [-0.05, 0) is 48.5 Å². The number of hydrogen-bond donors (Lipinski definition) is 2. The summed E-state index contributed by atoms with van der Waals surface area (Å²) in [7, 11) is 0. The van der Waals surface area contributed by atoms with Crippen molar-refractivity contribution in [3.63, 3.8) is 0 Å². The van der Waals surface area contributed by atoms with Crippen LogP contribution in [-0.4, -0.2) is 6.03 Å². The molecule has 7 heteroatoms. The normalized spacial score (nSPS) is 10.5. The molecule has 0 saturated heterocycles.